The van der Waals surface area contributed by atoms with E-state index in [1.807, 2.05) is 0 Å². The van der Waals surface area contributed by atoms with Crippen molar-refractivity contribution in [3.63, 3.8) is 0 Å². The van der Waals surface area contributed by atoms with Crippen molar-refractivity contribution in [3.05, 3.63) is 58.3 Å². The summed E-state index contributed by atoms with van der Waals surface area (Å²) in [7, 11) is -3.94. The molecule has 0 saturated heterocycles. The minimum Gasteiger partial charge on any atom is -0.487 e. The number of carbonyl (C=O) groups excluding carboxylic acids is 1. The monoisotopic (exact) mass is 417 g/mol. The Morgan fingerprint density at radius 2 is 1.88 bits per heavy atom. The van der Waals surface area contributed by atoms with E-state index in [-0.39, 0.29) is 29.4 Å². The maximum Gasteiger partial charge on any atom is 0.339 e. The Kier molecular flexibility index (Phi) is 5.92. The molecule has 0 bridgehead atoms. The fourth-order valence-electron chi connectivity index (χ4n) is 1.76. The van der Waals surface area contributed by atoms with Crippen molar-refractivity contribution in [2.24, 2.45) is 5.14 Å². The molecular formula is C15H13BrFNO5S. The molecule has 0 amide bonds. The van der Waals surface area contributed by atoms with Crippen molar-refractivity contribution in [2.75, 3.05) is 13.2 Å². The van der Waals surface area contributed by atoms with Gasteiger partial charge in [0.1, 0.15) is 13.2 Å². The Morgan fingerprint density at radius 1 is 1.17 bits per heavy atom. The third-order valence-corrected chi connectivity index (χ3v) is 4.50. The highest BCUT2D eigenvalue weighted by Gasteiger charge is 2.16. The molecule has 128 valence electrons. The number of ether oxygens (including phenoxy) is 2. The molecule has 0 heterocycles. The fourth-order valence-corrected chi connectivity index (χ4v) is 2.71. The van der Waals surface area contributed by atoms with Gasteiger partial charge in [0.05, 0.1) is 10.5 Å². The molecule has 0 radical (unpaired) electrons. The SMILES string of the molecule is NS(=O)(=O)c1ccc(Br)c(C(=O)OCCOc2ccccc2F)c1. The van der Waals surface area contributed by atoms with Gasteiger partial charge >= 0.3 is 5.97 Å². The number of hydrogen-bond acceptors (Lipinski definition) is 5. The van der Waals surface area contributed by atoms with Gasteiger partial charge in [-0.3, -0.25) is 0 Å². The number of nitrogens with two attached hydrogens (primary N) is 1. The minimum absolute atomic E-state index is 0.00687. The smallest absolute Gasteiger partial charge is 0.339 e. The number of hydrogen-bond donors (Lipinski definition) is 1. The summed E-state index contributed by atoms with van der Waals surface area (Å²) in [4.78, 5) is 11.8. The van der Waals surface area contributed by atoms with Crippen molar-refractivity contribution in [3.8, 4) is 5.75 Å². The molecule has 0 saturated carbocycles. The zero-order valence-electron chi connectivity index (χ0n) is 12.2. The lowest BCUT2D eigenvalue weighted by molar-refractivity contribution is 0.0447. The molecule has 2 aromatic carbocycles. The zero-order chi connectivity index (χ0) is 17.7. The summed E-state index contributed by atoms with van der Waals surface area (Å²) in [6.45, 7) is -0.196. The summed E-state index contributed by atoms with van der Waals surface area (Å²) < 4.78 is 46.5. The lowest BCUT2D eigenvalue weighted by atomic mass is 10.2. The van der Waals surface area contributed by atoms with Crippen LogP contribution in [0.4, 0.5) is 4.39 Å². The maximum absolute atomic E-state index is 13.3. The third-order valence-electron chi connectivity index (χ3n) is 2.90. The Hall–Kier alpha value is -1.97. The molecular weight excluding hydrogens is 405 g/mol. The number of para-hydroxylation sites is 1. The highest BCUT2D eigenvalue weighted by Crippen LogP contribution is 2.21. The summed E-state index contributed by atoms with van der Waals surface area (Å²) in [6.07, 6.45) is 0. The molecule has 6 nitrogen and oxygen atoms in total. The third kappa shape index (κ3) is 4.76. The Morgan fingerprint density at radius 3 is 2.54 bits per heavy atom. The van der Waals surface area contributed by atoms with Crippen LogP contribution >= 0.6 is 15.9 Å². The predicted molar refractivity (Wildman–Crippen MR) is 87.7 cm³/mol. The molecule has 0 unspecified atom stereocenters. The number of primary sulfonamides is 1. The second-order valence-corrected chi connectivity index (χ2v) is 7.02. The van der Waals surface area contributed by atoms with E-state index < -0.39 is 21.8 Å². The average Bonchev–Trinajstić information content (AvgIpc) is 2.52. The Bertz CT molecular complexity index is 857. The molecule has 2 aromatic rings. The quantitative estimate of drug-likeness (QED) is 0.575. The number of benzene rings is 2. The van der Waals surface area contributed by atoms with Crippen molar-refractivity contribution in [1.82, 2.24) is 0 Å². The molecule has 0 aliphatic rings. The van der Waals surface area contributed by atoms with Crippen LogP contribution < -0.4 is 9.88 Å². The summed E-state index contributed by atoms with van der Waals surface area (Å²) in [5.74, 6) is -1.23. The van der Waals surface area contributed by atoms with Crippen LogP contribution in [0.3, 0.4) is 0 Å². The molecule has 0 fully saturated rings. The molecule has 0 aliphatic carbocycles. The van der Waals surface area contributed by atoms with Gasteiger partial charge in [-0.1, -0.05) is 12.1 Å². The second-order valence-electron chi connectivity index (χ2n) is 4.60. The van der Waals surface area contributed by atoms with Crippen LogP contribution in [0.15, 0.2) is 51.8 Å². The van der Waals surface area contributed by atoms with Crippen molar-refractivity contribution < 1.29 is 27.1 Å². The van der Waals surface area contributed by atoms with Crippen LogP contribution in [-0.4, -0.2) is 27.6 Å². The van der Waals surface area contributed by atoms with Crippen molar-refractivity contribution in [1.29, 1.82) is 0 Å². The van der Waals surface area contributed by atoms with Gasteiger partial charge in [0.2, 0.25) is 10.0 Å². The first-order chi connectivity index (χ1) is 11.3. The van der Waals surface area contributed by atoms with Crippen LogP contribution in [0, 0.1) is 5.82 Å². The lowest BCUT2D eigenvalue weighted by Gasteiger charge is -2.09. The highest BCUT2D eigenvalue weighted by molar-refractivity contribution is 9.10. The van der Waals surface area contributed by atoms with Crippen molar-refractivity contribution >= 4 is 31.9 Å². The summed E-state index contributed by atoms with van der Waals surface area (Å²) in [5.41, 5.74) is 0.00687. The lowest BCUT2D eigenvalue weighted by Crippen LogP contribution is -2.16. The molecule has 24 heavy (non-hydrogen) atoms. The highest BCUT2D eigenvalue weighted by atomic mass is 79.9. The molecule has 2 rings (SSSR count). The van der Waals surface area contributed by atoms with Crippen LogP contribution in [0.2, 0.25) is 0 Å². The molecule has 2 N–H and O–H groups in total. The first kappa shape index (κ1) is 18.4. The van der Waals surface area contributed by atoms with Gasteiger partial charge < -0.3 is 9.47 Å². The first-order valence-electron chi connectivity index (χ1n) is 6.66. The standard InChI is InChI=1S/C15H13BrFNO5S/c16-12-6-5-10(24(18,20)21)9-11(12)15(19)23-8-7-22-14-4-2-1-3-13(14)17/h1-6,9H,7-8H2,(H2,18,20,21). The van der Waals surface area contributed by atoms with E-state index >= 15 is 0 Å². The minimum atomic E-state index is -3.94. The number of carbonyl (C=O) groups is 1. The van der Waals surface area contributed by atoms with E-state index in [2.05, 4.69) is 15.9 Å². The van der Waals surface area contributed by atoms with Crippen LogP contribution in [0.5, 0.6) is 5.75 Å². The first-order valence-corrected chi connectivity index (χ1v) is 9.00. The van der Waals surface area contributed by atoms with Gasteiger partial charge in [-0.2, -0.15) is 0 Å². The molecule has 0 aromatic heterocycles. The van der Waals surface area contributed by atoms with Gasteiger partial charge in [0.25, 0.3) is 0 Å². The van der Waals surface area contributed by atoms with E-state index in [1.165, 1.54) is 30.3 Å². The van der Waals surface area contributed by atoms with E-state index in [0.717, 1.165) is 6.07 Å². The van der Waals surface area contributed by atoms with E-state index in [0.29, 0.717) is 4.47 Å². The average molecular weight is 418 g/mol. The Labute approximate surface area is 146 Å². The van der Waals surface area contributed by atoms with E-state index in [1.54, 1.807) is 6.07 Å². The van der Waals surface area contributed by atoms with Crippen LogP contribution in [-0.2, 0) is 14.8 Å². The van der Waals surface area contributed by atoms with Gasteiger partial charge in [-0.25, -0.2) is 22.7 Å². The molecule has 0 aliphatic heterocycles. The fraction of sp³-hybridized carbons (Fsp3) is 0.133. The van der Waals surface area contributed by atoms with Crippen LogP contribution in [0.25, 0.3) is 0 Å². The van der Waals surface area contributed by atoms with E-state index in [9.17, 15) is 17.6 Å². The Balaban J connectivity index is 1.97. The van der Waals surface area contributed by atoms with Gasteiger partial charge in [-0.05, 0) is 46.3 Å². The maximum atomic E-state index is 13.3. The van der Waals surface area contributed by atoms with E-state index in [4.69, 9.17) is 14.6 Å². The van der Waals surface area contributed by atoms with Gasteiger partial charge in [0, 0.05) is 4.47 Å². The molecule has 9 heteroatoms. The largest absolute Gasteiger partial charge is 0.487 e. The zero-order valence-corrected chi connectivity index (χ0v) is 14.6. The van der Waals surface area contributed by atoms with Gasteiger partial charge in [0.15, 0.2) is 11.6 Å². The summed E-state index contributed by atoms with van der Waals surface area (Å²) >= 11 is 3.14. The second kappa shape index (κ2) is 7.73. The number of esters is 1. The normalized spacial score (nSPS) is 11.1. The predicted octanol–water partition coefficient (Wildman–Crippen LogP) is 2.47. The number of rotatable bonds is 6. The van der Waals surface area contributed by atoms with Gasteiger partial charge in [-0.15, -0.1) is 0 Å². The summed E-state index contributed by atoms with van der Waals surface area (Å²) in [5, 5.41) is 5.03. The van der Waals surface area contributed by atoms with Crippen molar-refractivity contribution in [2.45, 2.75) is 4.90 Å². The summed E-state index contributed by atoms with van der Waals surface area (Å²) in [6, 6.07) is 9.59. The molecule has 0 spiro atoms. The number of sulfonamides is 1. The molecule has 0 atom stereocenters. The van der Waals surface area contributed by atoms with Crippen LogP contribution in [0.1, 0.15) is 10.4 Å². The topological polar surface area (TPSA) is 95.7 Å². The number of halogens is 2.